The number of nitro groups is 1. The largest absolute Gasteiger partial charge is 0.349 e. The van der Waals surface area contributed by atoms with Gasteiger partial charge in [-0.15, -0.1) is 0 Å². The molecule has 0 spiro atoms. The number of aromatic nitrogens is 2. The number of nitrogens with one attached hydrogen (secondary N) is 1. The molecule has 8 heteroatoms. The van der Waals surface area contributed by atoms with Crippen LogP contribution in [0.5, 0.6) is 0 Å². The van der Waals surface area contributed by atoms with Gasteiger partial charge in [0, 0.05) is 36.1 Å². The summed E-state index contributed by atoms with van der Waals surface area (Å²) in [5, 5.41) is 14.6. The molecule has 0 saturated heterocycles. The van der Waals surface area contributed by atoms with Gasteiger partial charge in [0.05, 0.1) is 11.3 Å². The van der Waals surface area contributed by atoms with Gasteiger partial charge < -0.3 is 15.6 Å². The Morgan fingerprint density at radius 2 is 2.04 bits per heavy atom. The third kappa shape index (κ3) is 3.44. The summed E-state index contributed by atoms with van der Waals surface area (Å²) in [6.07, 6.45) is 9.88. The van der Waals surface area contributed by atoms with Crippen molar-refractivity contribution in [1.29, 1.82) is 0 Å². The van der Waals surface area contributed by atoms with E-state index in [1.165, 1.54) is 18.8 Å². The molecule has 27 heavy (non-hydrogen) atoms. The molecule has 1 aromatic heterocycles. The van der Waals surface area contributed by atoms with Gasteiger partial charge in [0.1, 0.15) is 5.69 Å². The van der Waals surface area contributed by atoms with Crippen LogP contribution in [-0.2, 0) is 0 Å². The topological polar surface area (TPSA) is 116 Å². The van der Waals surface area contributed by atoms with E-state index in [0.717, 1.165) is 25.7 Å². The van der Waals surface area contributed by atoms with E-state index in [1.54, 1.807) is 29.1 Å². The van der Waals surface area contributed by atoms with Crippen molar-refractivity contribution in [2.24, 2.45) is 17.6 Å². The van der Waals surface area contributed by atoms with Crippen molar-refractivity contribution in [2.75, 3.05) is 0 Å². The quantitative estimate of drug-likeness (QED) is 0.634. The number of amides is 1. The number of fused-ring (bicyclic) bond motifs is 2. The lowest BCUT2D eigenvalue weighted by molar-refractivity contribution is -0.384. The van der Waals surface area contributed by atoms with Crippen LogP contribution >= 0.6 is 0 Å². The van der Waals surface area contributed by atoms with Crippen LogP contribution in [0.2, 0.25) is 0 Å². The molecule has 2 aliphatic carbocycles. The molecule has 2 unspecified atom stereocenters. The predicted molar refractivity (Wildman–Crippen MR) is 99.5 cm³/mol. The van der Waals surface area contributed by atoms with Crippen molar-refractivity contribution in [3.63, 3.8) is 0 Å². The third-order valence-corrected chi connectivity index (χ3v) is 5.89. The van der Waals surface area contributed by atoms with Crippen LogP contribution in [0, 0.1) is 22.0 Å². The maximum atomic E-state index is 12.8. The minimum absolute atomic E-state index is 0.110. The molecular formula is C19H23N5O3. The highest BCUT2D eigenvalue weighted by Gasteiger charge is 2.40. The number of nitro benzene ring substituents is 1. The molecular weight excluding hydrogens is 346 g/mol. The number of hydrogen-bond acceptors (Lipinski definition) is 5. The van der Waals surface area contributed by atoms with Crippen LogP contribution in [0.25, 0.3) is 5.69 Å². The number of benzene rings is 1. The fourth-order valence-corrected chi connectivity index (χ4v) is 4.69. The first kappa shape index (κ1) is 17.7. The van der Waals surface area contributed by atoms with Gasteiger partial charge in [0.2, 0.25) is 0 Å². The van der Waals surface area contributed by atoms with Crippen molar-refractivity contribution in [2.45, 2.75) is 44.2 Å². The number of carbonyl (C=O) groups is 1. The first-order valence-corrected chi connectivity index (χ1v) is 9.36. The van der Waals surface area contributed by atoms with Crippen molar-refractivity contribution in [3.05, 3.63) is 52.6 Å². The van der Waals surface area contributed by atoms with Crippen LogP contribution in [0.15, 0.2) is 36.9 Å². The summed E-state index contributed by atoms with van der Waals surface area (Å²) in [5.74, 6) is 0.543. The first-order chi connectivity index (χ1) is 13.0. The molecule has 1 amide bonds. The second-order valence-corrected chi connectivity index (χ2v) is 7.61. The molecule has 2 aromatic rings. The lowest BCUT2D eigenvalue weighted by atomic mass is 9.67. The van der Waals surface area contributed by atoms with Crippen LogP contribution < -0.4 is 11.1 Å². The van der Waals surface area contributed by atoms with Gasteiger partial charge in [-0.2, -0.15) is 0 Å². The molecule has 0 aliphatic heterocycles. The van der Waals surface area contributed by atoms with Gasteiger partial charge in [0.25, 0.3) is 11.6 Å². The van der Waals surface area contributed by atoms with E-state index in [2.05, 4.69) is 10.3 Å². The number of nitrogens with two attached hydrogens (primary N) is 1. The SMILES string of the molecule is NC1CC2CCCC(C1)C2NC(=O)c1ccc(-n2ccnc2)c([N+](=O)[O-])c1. The van der Waals surface area contributed by atoms with Crippen molar-refractivity contribution < 1.29 is 9.72 Å². The second kappa shape index (κ2) is 7.11. The number of rotatable bonds is 4. The summed E-state index contributed by atoms with van der Waals surface area (Å²) in [6.45, 7) is 0. The molecule has 8 nitrogen and oxygen atoms in total. The average molecular weight is 369 g/mol. The number of imidazole rings is 1. The molecule has 142 valence electrons. The van der Waals surface area contributed by atoms with E-state index in [1.807, 2.05) is 0 Å². The summed E-state index contributed by atoms with van der Waals surface area (Å²) in [5.41, 5.74) is 6.72. The van der Waals surface area contributed by atoms with Crippen LogP contribution in [0.3, 0.4) is 0 Å². The van der Waals surface area contributed by atoms with Crippen molar-refractivity contribution >= 4 is 11.6 Å². The Balaban J connectivity index is 1.57. The van der Waals surface area contributed by atoms with Gasteiger partial charge in [-0.25, -0.2) is 4.98 Å². The van der Waals surface area contributed by atoms with E-state index in [0.29, 0.717) is 23.1 Å². The zero-order chi connectivity index (χ0) is 19.0. The normalized spacial score (nSPS) is 27.1. The third-order valence-electron chi connectivity index (χ3n) is 5.89. The van der Waals surface area contributed by atoms with E-state index >= 15 is 0 Å². The highest BCUT2D eigenvalue weighted by atomic mass is 16.6. The summed E-state index contributed by atoms with van der Waals surface area (Å²) >= 11 is 0. The van der Waals surface area contributed by atoms with E-state index in [4.69, 9.17) is 5.73 Å². The molecule has 0 radical (unpaired) electrons. The average Bonchev–Trinajstić information content (AvgIpc) is 3.16. The van der Waals surface area contributed by atoms with Crippen molar-refractivity contribution in [1.82, 2.24) is 14.9 Å². The lowest BCUT2D eigenvalue weighted by Gasteiger charge is -2.45. The molecule has 2 bridgehead atoms. The molecule has 2 aliphatic rings. The van der Waals surface area contributed by atoms with Gasteiger partial charge in [-0.3, -0.25) is 14.9 Å². The predicted octanol–water partition coefficient (Wildman–Crippen LogP) is 2.42. The number of carbonyl (C=O) groups excluding carboxylic acids is 1. The minimum atomic E-state index is -0.472. The molecule has 3 N–H and O–H groups in total. The van der Waals surface area contributed by atoms with Crippen LogP contribution in [0.4, 0.5) is 5.69 Å². The maximum Gasteiger partial charge on any atom is 0.294 e. The first-order valence-electron chi connectivity index (χ1n) is 9.36. The molecule has 4 rings (SSSR count). The van der Waals surface area contributed by atoms with Gasteiger partial charge in [-0.1, -0.05) is 6.42 Å². The molecule has 1 aromatic carbocycles. The fraction of sp³-hybridized carbons (Fsp3) is 0.474. The summed E-state index contributed by atoms with van der Waals surface area (Å²) in [4.78, 5) is 27.8. The fourth-order valence-electron chi connectivity index (χ4n) is 4.69. The second-order valence-electron chi connectivity index (χ2n) is 7.61. The van der Waals surface area contributed by atoms with Gasteiger partial charge >= 0.3 is 0 Å². The highest BCUT2D eigenvalue weighted by molar-refractivity contribution is 5.95. The highest BCUT2D eigenvalue weighted by Crippen LogP contribution is 2.39. The Kier molecular flexibility index (Phi) is 4.65. The Morgan fingerprint density at radius 3 is 2.67 bits per heavy atom. The van der Waals surface area contributed by atoms with Crippen LogP contribution in [0.1, 0.15) is 42.5 Å². The van der Waals surface area contributed by atoms with E-state index in [9.17, 15) is 14.9 Å². The summed E-state index contributed by atoms with van der Waals surface area (Å²) in [7, 11) is 0. The van der Waals surface area contributed by atoms with Crippen molar-refractivity contribution in [3.8, 4) is 5.69 Å². The Labute approximate surface area is 156 Å². The monoisotopic (exact) mass is 369 g/mol. The smallest absolute Gasteiger partial charge is 0.294 e. The lowest BCUT2D eigenvalue weighted by Crippen LogP contribution is -2.53. The molecule has 2 saturated carbocycles. The summed E-state index contributed by atoms with van der Waals surface area (Å²) < 4.78 is 1.56. The van der Waals surface area contributed by atoms with Gasteiger partial charge in [0.15, 0.2) is 0 Å². The van der Waals surface area contributed by atoms with Crippen LogP contribution in [-0.4, -0.2) is 32.5 Å². The van der Waals surface area contributed by atoms with E-state index in [-0.39, 0.29) is 23.7 Å². The zero-order valence-electron chi connectivity index (χ0n) is 15.0. The zero-order valence-corrected chi connectivity index (χ0v) is 15.0. The Morgan fingerprint density at radius 1 is 1.30 bits per heavy atom. The van der Waals surface area contributed by atoms with E-state index < -0.39 is 4.92 Å². The number of nitrogens with zero attached hydrogens (tertiary/aromatic N) is 3. The standard InChI is InChI=1S/C19H23N5O3/c20-15-8-12-2-1-3-13(9-15)18(12)22-19(25)14-4-5-16(17(10-14)24(26)27)23-7-6-21-11-23/h4-7,10-13,15,18H,1-3,8-9,20H2,(H,22,25). The molecule has 2 atom stereocenters. The minimum Gasteiger partial charge on any atom is -0.349 e. The van der Waals surface area contributed by atoms with Gasteiger partial charge in [-0.05, 0) is 49.7 Å². The maximum absolute atomic E-state index is 12.8. The number of hydrogen-bond donors (Lipinski definition) is 2. The Bertz CT molecular complexity index is 837. The Hall–Kier alpha value is -2.74. The molecule has 1 heterocycles. The summed E-state index contributed by atoms with van der Waals surface area (Å²) in [6, 6.07) is 4.88. The molecule has 2 fully saturated rings.